The number of ether oxygens (including phenoxy) is 1. The second-order valence-electron chi connectivity index (χ2n) is 5.42. The molecule has 2 aromatic rings. The molecule has 0 aliphatic carbocycles. The van der Waals surface area contributed by atoms with Crippen LogP contribution >= 0.6 is 0 Å². The Kier molecular flexibility index (Phi) is 4.26. The van der Waals surface area contributed by atoms with Crippen LogP contribution in [0.3, 0.4) is 0 Å². The summed E-state index contributed by atoms with van der Waals surface area (Å²) in [5.41, 5.74) is 3.54. The van der Waals surface area contributed by atoms with Crippen molar-refractivity contribution in [1.82, 2.24) is 24.9 Å². The quantitative estimate of drug-likeness (QED) is 0.833. The van der Waals surface area contributed by atoms with Gasteiger partial charge in [-0.15, -0.1) is 5.10 Å². The molecule has 2 aromatic heterocycles. The molecule has 1 aliphatic heterocycles. The maximum Gasteiger partial charge on any atom is 0.100 e. The molecule has 0 N–H and O–H groups in total. The van der Waals surface area contributed by atoms with E-state index >= 15 is 0 Å². The van der Waals surface area contributed by atoms with Gasteiger partial charge in [-0.1, -0.05) is 11.3 Å². The first-order chi connectivity index (χ1) is 10.3. The molecule has 0 aromatic carbocycles. The van der Waals surface area contributed by atoms with E-state index in [1.165, 1.54) is 11.3 Å². The molecule has 0 radical (unpaired) electrons. The molecule has 0 bridgehead atoms. The van der Waals surface area contributed by atoms with E-state index in [1.807, 2.05) is 16.9 Å². The fraction of sp³-hybridized carbons (Fsp3) is 0.533. The van der Waals surface area contributed by atoms with Gasteiger partial charge in [-0.2, -0.15) is 0 Å². The van der Waals surface area contributed by atoms with Gasteiger partial charge in [0.15, 0.2) is 0 Å². The Morgan fingerprint density at radius 2 is 2.33 bits per heavy atom. The van der Waals surface area contributed by atoms with E-state index in [0.717, 1.165) is 31.9 Å². The van der Waals surface area contributed by atoms with Crippen LogP contribution in [0.4, 0.5) is 0 Å². The summed E-state index contributed by atoms with van der Waals surface area (Å²) in [7, 11) is 1.75. The van der Waals surface area contributed by atoms with Crippen LogP contribution in [-0.2, 0) is 24.4 Å². The van der Waals surface area contributed by atoms with Gasteiger partial charge in [0.25, 0.3) is 0 Å². The minimum Gasteiger partial charge on any atom is -0.384 e. The molecule has 0 spiro atoms. The lowest BCUT2D eigenvalue weighted by Crippen LogP contribution is -2.36. The summed E-state index contributed by atoms with van der Waals surface area (Å²) in [6.45, 7) is 6.33. The predicted octanol–water partition coefficient (Wildman–Crippen LogP) is 1.44. The van der Waals surface area contributed by atoms with Crippen molar-refractivity contribution in [2.75, 3.05) is 20.3 Å². The maximum absolute atomic E-state index is 5.40. The lowest BCUT2D eigenvalue weighted by molar-refractivity contribution is 0.131. The Morgan fingerprint density at radius 1 is 1.43 bits per heavy atom. The summed E-state index contributed by atoms with van der Waals surface area (Å²) in [6, 6.07) is 4.08. The number of methoxy groups -OCH3 is 1. The molecule has 1 aliphatic rings. The highest BCUT2D eigenvalue weighted by atomic mass is 16.5. The molecule has 0 saturated carbocycles. The molecule has 0 unspecified atom stereocenters. The summed E-state index contributed by atoms with van der Waals surface area (Å²) >= 11 is 0. The molecule has 0 amide bonds. The molecule has 21 heavy (non-hydrogen) atoms. The third-order valence-corrected chi connectivity index (χ3v) is 3.88. The molecule has 6 heteroatoms. The molecular formula is C15H21N5O. The summed E-state index contributed by atoms with van der Waals surface area (Å²) < 4.78 is 7.40. The van der Waals surface area contributed by atoms with Crippen molar-refractivity contribution in [3.8, 4) is 0 Å². The van der Waals surface area contributed by atoms with E-state index in [9.17, 15) is 0 Å². The van der Waals surface area contributed by atoms with Crippen LogP contribution in [0.25, 0.3) is 0 Å². The van der Waals surface area contributed by atoms with Crippen molar-refractivity contribution < 1.29 is 4.74 Å². The number of rotatable bonds is 5. The number of fused-ring (bicyclic) bond motifs is 1. The van der Waals surface area contributed by atoms with Crippen LogP contribution in [-0.4, -0.2) is 45.1 Å². The minimum absolute atomic E-state index is 0.324. The molecule has 112 valence electrons. The summed E-state index contributed by atoms with van der Waals surface area (Å²) in [6.07, 6.45) is 3.72. The SMILES string of the molecule is CCn1nnc2c1[C@H](COC)CN(Cc1cccnc1)C2. The van der Waals surface area contributed by atoms with Gasteiger partial charge in [-0.3, -0.25) is 9.88 Å². The number of nitrogens with zero attached hydrogens (tertiary/aromatic N) is 5. The first-order valence-electron chi connectivity index (χ1n) is 7.34. The third-order valence-electron chi connectivity index (χ3n) is 3.88. The number of hydrogen-bond acceptors (Lipinski definition) is 5. The highest BCUT2D eigenvalue weighted by Gasteiger charge is 2.30. The number of aromatic nitrogens is 4. The van der Waals surface area contributed by atoms with Crippen LogP contribution in [0.15, 0.2) is 24.5 Å². The van der Waals surface area contributed by atoms with Crippen molar-refractivity contribution in [1.29, 1.82) is 0 Å². The zero-order valence-electron chi connectivity index (χ0n) is 12.6. The van der Waals surface area contributed by atoms with Gasteiger partial charge in [0, 0.05) is 51.6 Å². The Balaban J connectivity index is 1.81. The van der Waals surface area contributed by atoms with E-state index in [2.05, 4.69) is 33.2 Å². The van der Waals surface area contributed by atoms with Gasteiger partial charge in [0.2, 0.25) is 0 Å². The van der Waals surface area contributed by atoms with E-state index in [1.54, 1.807) is 13.3 Å². The monoisotopic (exact) mass is 287 g/mol. The van der Waals surface area contributed by atoms with Crippen LogP contribution in [0, 0.1) is 0 Å². The zero-order valence-corrected chi connectivity index (χ0v) is 12.6. The average Bonchev–Trinajstić information content (AvgIpc) is 2.92. The van der Waals surface area contributed by atoms with Gasteiger partial charge in [0.05, 0.1) is 12.3 Å². The zero-order chi connectivity index (χ0) is 14.7. The van der Waals surface area contributed by atoms with Crippen LogP contribution < -0.4 is 0 Å². The molecule has 3 rings (SSSR count). The second-order valence-corrected chi connectivity index (χ2v) is 5.42. The lowest BCUT2D eigenvalue weighted by atomic mass is 9.98. The first kappa shape index (κ1) is 14.2. The Hall–Kier alpha value is -1.79. The predicted molar refractivity (Wildman–Crippen MR) is 78.7 cm³/mol. The fourth-order valence-corrected chi connectivity index (χ4v) is 3.03. The maximum atomic E-state index is 5.40. The molecule has 0 fully saturated rings. The molecular weight excluding hydrogens is 266 g/mol. The smallest absolute Gasteiger partial charge is 0.100 e. The van der Waals surface area contributed by atoms with E-state index in [0.29, 0.717) is 12.5 Å². The number of pyridine rings is 1. The summed E-state index contributed by atoms with van der Waals surface area (Å²) in [4.78, 5) is 6.57. The van der Waals surface area contributed by atoms with Crippen molar-refractivity contribution in [3.05, 3.63) is 41.5 Å². The standard InChI is InChI=1S/C15H21N5O/c1-3-20-15-13(11-21-2)9-19(10-14(15)17-18-20)8-12-5-4-6-16-7-12/h4-7,13H,3,8-11H2,1-2H3/t13-/m0/s1. The van der Waals surface area contributed by atoms with Crippen molar-refractivity contribution in [3.63, 3.8) is 0 Å². The lowest BCUT2D eigenvalue weighted by Gasteiger charge is -2.32. The number of aryl methyl sites for hydroxylation is 1. The van der Waals surface area contributed by atoms with Gasteiger partial charge >= 0.3 is 0 Å². The molecule has 0 saturated heterocycles. The van der Waals surface area contributed by atoms with Crippen molar-refractivity contribution >= 4 is 0 Å². The molecule has 1 atom stereocenters. The van der Waals surface area contributed by atoms with E-state index < -0.39 is 0 Å². The minimum atomic E-state index is 0.324. The first-order valence-corrected chi connectivity index (χ1v) is 7.34. The molecule has 3 heterocycles. The highest BCUT2D eigenvalue weighted by molar-refractivity contribution is 5.20. The van der Waals surface area contributed by atoms with Crippen LogP contribution in [0.2, 0.25) is 0 Å². The van der Waals surface area contributed by atoms with Crippen LogP contribution in [0.1, 0.15) is 29.8 Å². The highest BCUT2D eigenvalue weighted by Crippen LogP contribution is 2.28. The third kappa shape index (κ3) is 2.96. The van der Waals surface area contributed by atoms with Gasteiger partial charge in [-0.25, -0.2) is 4.68 Å². The largest absolute Gasteiger partial charge is 0.384 e. The summed E-state index contributed by atoms with van der Waals surface area (Å²) in [5, 5.41) is 8.61. The Labute approximate surface area is 124 Å². The van der Waals surface area contributed by atoms with Crippen molar-refractivity contribution in [2.45, 2.75) is 32.5 Å². The molecule has 6 nitrogen and oxygen atoms in total. The normalized spacial score (nSPS) is 18.7. The summed E-state index contributed by atoms with van der Waals surface area (Å²) in [5.74, 6) is 0.324. The van der Waals surface area contributed by atoms with Gasteiger partial charge in [0.1, 0.15) is 5.69 Å². The van der Waals surface area contributed by atoms with E-state index in [4.69, 9.17) is 4.74 Å². The van der Waals surface area contributed by atoms with Gasteiger partial charge < -0.3 is 4.74 Å². The van der Waals surface area contributed by atoms with Gasteiger partial charge in [-0.05, 0) is 18.6 Å². The van der Waals surface area contributed by atoms with E-state index in [-0.39, 0.29) is 0 Å². The van der Waals surface area contributed by atoms with Crippen molar-refractivity contribution in [2.24, 2.45) is 0 Å². The Morgan fingerprint density at radius 3 is 3.05 bits per heavy atom. The van der Waals surface area contributed by atoms with Crippen LogP contribution in [0.5, 0.6) is 0 Å². The Bertz CT molecular complexity index is 583. The topological polar surface area (TPSA) is 56.1 Å². The number of hydrogen-bond donors (Lipinski definition) is 0. The second kappa shape index (κ2) is 6.32. The average molecular weight is 287 g/mol. The fourth-order valence-electron chi connectivity index (χ4n) is 3.03.